The maximum atomic E-state index is 12.1. The zero-order valence-electron chi connectivity index (χ0n) is 10.5. The van der Waals surface area contributed by atoms with Gasteiger partial charge in [-0.2, -0.15) is 5.10 Å². The molecule has 0 spiro atoms. The largest absolute Gasteiger partial charge is 0.307 e. The van der Waals surface area contributed by atoms with Crippen molar-refractivity contribution in [3.8, 4) is 0 Å². The van der Waals surface area contributed by atoms with E-state index in [1.807, 2.05) is 6.92 Å². The van der Waals surface area contributed by atoms with Gasteiger partial charge in [0.2, 0.25) is 0 Å². The van der Waals surface area contributed by atoms with Crippen LogP contribution in [0.25, 0.3) is 0 Å². The number of halogens is 1. The molecule has 0 radical (unpaired) electrons. The minimum absolute atomic E-state index is 0.148. The quantitative estimate of drug-likeness (QED) is 0.660. The van der Waals surface area contributed by atoms with Crippen LogP contribution in [0.1, 0.15) is 22.8 Å². The van der Waals surface area contributed by atoms with Crippen molar-refractivity contribution in [3.05, 3.63) is 50.1 Å². The van der Waals surface area contributed by atoms with Crippen LogP contribution in [0.15, 0.2) is 28.9 Å². The van der Waals surface area contributed by atoms with Crippen molar-refractivity contribution < 1.29 is 9.72 Å². The van der Waals surface area contributed by atoms with Crippen LogP contribution in [0.5, 0.6) is 0 Å². The first kappa shape index (κ1) is 14.2. The van der Waals surface area contributed by atoms with Gasteiger partial charge in [-0.1, -0.05) is 22.9 Å². The van der Waals surface area contributed by atoms with E-state index in [4.69, 9.17) is 0 Å². The molecule has 0 saturated heterocycles. The van der Waals surface area contributed by atoms with E-state index in [1.165, 1.54) is 18.2 Å². The van der Waals surface area contributed by atoms with Gasteiger partial charge in [0.05, 0.1) is 11.1 Å². The molecule has 20 heavy (non-hydrogen) atoms. The molecule has 2 aromatic rings. The molecule has 0 saturated carbocycles. The summed E-state index contributed by atoms with van der Waals surface area (Å²) in [5.74, 6) is 0.0634. The number of rotatable bonds is 4. The molecule has 1 amide bonds. The summed E-state index contributed by atoms with van der Waals surface area (Å²) in [6.07, 6.45) is 2.34. The Hall–Kier alpha value is -2.22. The Labute approximate surface area is 122 Å². The molecular formula is C12H11BrN4O3. The van der Waals surface area contributed by atoms with Gasteiger partial charge in [-0.15, -0.1) is 0 Å². The molecule has 2 rings (SSSR count). The summed E-state index contributed by atoms with van der Waals surface area (Å²) in [7, 11) is 0. The van der Waals surface area contributed by atoms with Crippen molar-refractivity contribution in [1.29, 1.82) is 0 Å². The van der Waals surface area contributed by atoms with Gasteiger partial charge in [0.15, 0.2) is 0 Å². The predicted molar refractivity (Wildman–Crippen MR) is 76.7 cm³/mol. The molecule has 0 atom stereocenters. The maximum absolute atomic E-state index is 12.1. The van der Waals surface area contributed by atoms with E-state index >= 15 is 0 Å². The summed E-state index contributed by atoms with van der Waals surface area (Å²) in [6.45, 7) is 1.93. The van der Waals surface area contributed by atoms with Crippen LogP contribution in [-0.2, 0) is 6.42 Å². The monoisotopic (exact) mass is 338 g/mol. The number of nitrogens with zero attached hydrogens (tertiary/aromatic N) is 2. The van der Waals surface area contributed by atoms with Crippen LogP contribution in [0, 0.1) is 10.1 Å². The second-order valence-electron chi connectivity index (χ2n) is 4.03. The molecule has 2 N–H and O–H groups in total. The Kier molecular flexibility index (Phi) is 4.14. The van der Waals surface area contributed by atoms with Gasteiger partial charge in [-0.3, -0.25) is 20.0 Å². The number of carbonyl (C=O) groups excluding carboxylic acids is 1. The zero-order valence-corrected chi connectivity index (χ0v) is 12.1. The van der Waals surface area contributed by atoms with Gasteiger partial charge >= 0.3 is 0 Å². The molecule has 104 valence electrons. The van der Waals surface area contributed by atoms with Crippen LogP contribution >= 0.6 is 15.9 Å². The highest BCUT2D eigenvalue weighted by molar-refractivity contribution is 9.10. The number of aromatic nitrogens is 2. The summed E-state index contributed by atoms with van der Waals surface area (Å²) in [5, 5.41) is 20.0. The number of carbonyl (C=O) groups is 1. The lowest BCUT2D eigenvalue weighted by molar-refractivity contribution is -0.384. The number of hydrogen-bond donors (Lipinski definition) is 2. The van der Waals surface area contributed by atoms with Crippen molar-refractivity contribution >= 4 is 33.3 Å². The lowest BCUT2D eigenvalue weighted by Gasteiger charge is -2.05. The van der Waals surface area contributed by atoms with Crippen molar-refractivity contribution in [3.63, 3.8) is 0 Å². The second-order valence-corrected chi connectivity index (χ2v) is 4.95. The highest BCUT2D eigenvalue weighted by Crippen LogP contribution is 2.22. The number of benzene rings is 1. The van der Waals surface area contributed by atoms with Crippen LogP contribution in [-0.4, -0.2) is 21.0 Å². The molecule has 0 bridgehead atoms. The molecule has 0 unspecified atom stereocenters. The van der Waals surface area contributed by atoms with E-state index in [-0.39, 0.29) is 11.3 Å². The van der Waals surface area contributed by atoms with Gasteiger partial charge in [0.1, 0.15) is 5.82 Å². The Bertz CT molecular complexity index is 668. The molecule has 0 aliphatic carbocycles. The van der Waals surface area contributed by atoms with Gasteiger partial charge in [-0.05, 0) is 12.5 Å². The Balaban J connectivity index is 2.27. The molecule has 0 fully saturated rings. The third kappa shape index (κ3) is 3.02. The number of nitro groups is 1. The number of H-pyrrole nitrogens is 1. The average Bonchev–Trinajstić information content (AvgIpc) is 2.85. The fraction of sp³-hybridized carbons (Fsp3) is 0.167. The van der Waals surface area contributed by atoms with Crippen LogP contribution < -0.4 is 5.32 Å². The molecule has 0 aliphatic heterocycles. The molecule has 1 aromatic heterocycles. The Morgan fingerprint density at radius 1 is 1.50 bits per heavy atom. The van der Waals surface area contributed by atoms with Gasteiger partial charge < -0.3 is 5.32 Å². The van der Waals surface area contributed by atoms with E-state index in [2.05, 4.69) is 31.4 Å². The average molecular weight is 339 g/mol. The Morgan fingerprint density at radius 3 is 2.90 bits per heavy atom. The van der Waals surface area contributed by atoms with Crippen molar-refractivity contribution in [1.82, 2.24) is 10.2 Å². The molecule has 1 aromatic carbocycles. The number of nitro benzene ring substituents is 1. The maximum Gasteiger partial charge on any atom is 0.271 e. The van der Waals surface area contributed by atoms with Gasteiger partial charge in [-0.25, -0.2) is 0 Å². The second kappa shape index (κ2) is 5.83. The summed E-state index contributed by atoms with van der Waals surface area (Å²) >= 11 is 3.15. The van der Waals surface area contributed by atoms with Crippen LogP contribution in [0.2, 0.25) is 0 Å². The summed E-state index contributed by atoms with van der Waals surface area (Å²) in [5.41, 5.74) is 0.912. The summed E-state index contributed by atoms with van der Waals surface area (Å²) in [4.78, 5) is 22.3. The van der Waals surface area contributed by atoms with Crippen molar-refractivity contribution in [2.45, 2.75) is 13.3 Å². The number of amides is 1. The molecule has 1 heterocycles. The third-order valence-electron chi connectivity index (χ3n) is 2.69. The van der Waals surface area contributed by atoms with E-state index in [0.717, 1.165) is 5.56 Å². The van der Waals surface area contributed by atoms with Crippen molar-refractivity contribution in [2.24, 2.45) is 0 Å². The van der Waals surface area contributed by atoms with E-state index in [0.29, 0.717) is 16.7 Å². The standard InChI is InChI=1S/C12H11BrN4O3/c1-2-7-6-14-16-11(7)15-12(18)8-3-9(13)5-10(4-8)17(19)20/h3-6H,2H2,1H3,(H2,14,15,16,18). The first-order chi connectivity index (χ1) is 9.51. The van der Waals surface area contributed by atoms with E-state index in [1.54, 1.807) is 6.20 Å². The number of aromatic amines is 1. The lowest BCUT2D eigenvalue weighted by atomic mass is 10.2. The normalized spacial score (nSPS) is 10.3. The first-order valence-electron chi connectivity index (χ1n) is 5.80. The van der Waals surface area contributed by atoms with E-state index in [9.17, 15) is 14.9 Å². The molecule has 7 nitrogen and oxygen atoms in total. The van der Waals surface area contributed by atoms with Crippen LogP contribution in [0.3, 0.4) is 0 Å². The first-order valence-corrected chi connectivity index (χ1v) is 6.59. The summed E-state index contributed by atoms with van der Waals surface area (Å²) in [6, 6.07) is 4.08. The predicted octanol–water partition coefficient (Wildman–Crippen LogP) is 2.90. The fourth-order valence-corrected chi connectivity index (χ4v) is 2.16. The fourth-order valence-electron chi connectivity index (χ4n) is 1.68. The number of aryl methyl sites for hydroxylation is 1. The van der Waals surface area contributed by atoms with Gasteiger partial charge in [0, 0.05) is 27.7 Å². The SMILES string of the molecule is CCc1cn[nH]c1NC(=O)c1cc(Br)cc([N+](=O)[O-])c1. The smallest absolute Gasteiger partial charge is 0.271 e. The highest BCUT2D eigenvalue weighted by Gasteiger charge is 2.15. The van der Waals surface area contributed by atoms with Gasteiger partial charge in [0.25, 0.3) is 11.6 Å². The number of hydrogen-bond acceptors (Lipinski definition) is 4. The van der Waals surface area contributed by atoms with E-state index < -0.39 is 10.8 Å². The molecule has 0 aliphatic rings. The molecular weight excluding hydrogens is 328 g/mol. The minimum atomic E-state index is -0.546. The molecule has 8 heteroatoms. The number of non-ortho nitro benzene ring substituents is 1. The summed E-state index contributed by atoms with van der Waals surface area (Å²) < 4.78 is 0.470. The Morgan fingerprint density at radius 2 is 2.25 bits per heavy atom. The highest BCUT2D eigenvalue weighted by atomic mass is 79.9. The minimum Gasteiger partial charge on any atom is -0.307 e. The topological polar surface area (TPSA) is 101 Å². The third-order valence-corrected chi connectivity index (χ3v) is 3.15. The van der Waals surface area contributed by atoms with Crippen LogP contribution in [0.4, 0.5) is 11.5 Å². The lowest BCUT2D eigenvalue weighted by Crippen LogP contribution is -2.13. The zero-order chi connectivity index (χ0) is 14.7. The number of nitrogens with one attached hydrogen (secondary N) is 2. The van der Waals surface area contributed by atoms with Crippen molar-refractivity contribution in [2.75, 3.05) is 5.32 Å². The number of anilines is 1.